The molecule has 7 heteroatoms. The molecule has 0 aromatic heterocycles. The van der Waals surface area contributed by atoms with Gasteiger partial charge in [0.15, 0.2) is 6.10 Å². The van der Waals surface area contributed by atoms with Crippen LogP contribution in [0.4, 0.5) is 5.69 Å². The standard InChI is InChI=1S/C21H20N2O5/c1-12-8-4-7-11-17(12)22-18(24)14(3)28-21(27)13(2)23-19(25)15-9-5-6-10-16(15)20(23)26/h4-11,13-14H,1-3H3,(H,22,24)/t13-,14+/m0/s1. The van der Waals surface area contributed by atoms with Crippen molar-refractivity contribution >= 4 is 29.4 Å². The van der Waals surface area contributed by atoms with Gasteiger partial charge >= 0.3 is 5.97 Å². The number of para-hydroxylation sites is 1. The van der Waals surface area contributed by atoms with E-state index in [1.807, 2.05) is 19.1 Å². The molecule has 2 aromatic rings. The van der Waals surface area contributed by atoms with Crippen molar-refractivity contribution in [1.82, 2.24) is 4.90 Å². The Kier molecular flexibility index (Phi) is 5.26. The number of nitrogens with zero attached hydrogens (tertiary/aromatic N) is 1. The molecule has 2 aromatic carbocycles. The van der Waals surface area contributed by atoms with E-state index in [0.29, 0.717) is 5.69 Å². The van der Waals surface area contributed by atoms with E-state index in [2.05, 4.69) is 5.32 Å². The van der Waals surface area contributed by atoms with E-state index in [4.69, 9.17) is 4.74 Å². The third-order valence-electron chi connectivity index (χ3n) is 4.62. The van der Waals surface area contributed by atoms with Gasteiger partial charge in [0.1, 0.15) is 6.04 Å². The van der Waals surface area contributed by atoms with Crippen LogP contribution in [0.5, 0.6) is 0 Å². The van der Waals surface area contributed by atoms with Crippen LogP contribution in [0.3, 0.4) is 0 Å². The van der Waals surface area contributed by atoms with Gasteiger partial charge in [-0.1, -0.05) is 30.3 Å². The van der Waals surface area contributed by atoms with Crippen molar-refractivity contribution in [3.05, 3.63) is 65.2 Å². The van der Waals surface area contributed by atoms with Crippen LogP contribution < -0.4 is 5.32 Å². The van der Waals surface area contributed by atoms with Gasteiger partial charge in [-0.05, 0) is 44.5 Å². The Bertz CT molecular complexity index is 934. The summed E-state index contributed by atoms with van der Waals surface area (Å²) < 4.78 is 5.20. The van der Waals surface area contributed by atoms with Crippen molar-refractivity contribution in [3.63, 3.8) is 0 Å². The molecule has 0 unspecified atom stereocenters. The lowest BCUT2D eigenvalue weighted by Gasteiger charge is -2.23. The molecule has 1 aliphatic rings. The maximum Gasteiger partial charge on any atom is 0.329 e. The molecular weight excluding hydrogens is 360 g/mol. The van der Waals surface area contributed by atoms with E-state index >= 15 is 0 Å². The number of aryl methyl sites for hydroxylation is 1. The van der Waals surface area contributed by atoms with Crippen LogP contribution in [0, 0.1) is 6.92 Å². The number of anilines is 1. The Morgan fingerprint density at radius 3 is 2.04 bits per heavy atom. The van der Waals surface area contributed by atoms with Crippen LogP contribution in [0.15, 0.2) is 48.5 Å². The summed E-state index contributed by atoms with van der Waals surface area (Å²) in [5, 5.41) is 2.69. The zero-order chi connectivity index (χ0) is 20.4. The Morgan fingerprint density at radius 1 is 0.929 bits per heavy atom. The molecule has 2 atom stereocenters. The van der Waals surface area contributed by atoms with Gasteiger partial charge in [-0.25, -0.2) is 4.79 Å². The van der Waals surface area contributed by atoms with Gasteiger partial charge in [-0.3, -0.25) is 19.3 Å². The number of amides is 3. The number of fused-ring (bicyclic) bond motifs is 1. The quantitative estimate of drug-likeness (QED) is 0.636. The van der Waals surface area contributed by atoms with Gasteiger partial charge in [-0.2, -0.15) is 0 Å². The third-order valence-corrected chi connectivity index (χ3v) is 4.62. The number of carbonyl (C=O) groups is 4. The second-order valence-electron chi connectivity index (χ2n) is 6.59. The van der Waals surface area contributed by atoms with Crippen molar-refractivity contribution in [2.45, 2.75) is 32.9 Å². The van der Waals surface area contributed by atoms with Crippen LogP contribution in [-0.4, -0.2) is 40.7 Å². The molecule has 0 bridgehead atoms. The lowest BCUT2D eigenvalue weighted by molar-refractivity contribution is -0.156. The lowest BCUT2D eigenvalue weighted by Crippen LogP contribution is -2.45. The fourth-order valence-electron chi connectivity index (χ4n) is 2.94. The summed E-state index contributed by atoms with van der Waals surface area (Å²) >= 11 is 0. The van der Waals surface area contributed by atoms with Crippen molar-refractivity contribution < 1.29 is 23.9 Å². The van der Waals surface area contributed by atoms with E-state index < -0.39 is 35.8 Å². The molecule has 1 heterocycles. The Balaban J connectivity index is 1.66. The van der Waals surface area contributed by atoms with Gasteiger partial charge in [-0.15, -0.1) is 0 Å². The number of imide groups is 1. The predicted octanol–water partition coefficient (Wildman–Crippen LogP) is 2.55. The minimum absolute atomic E-state index is 0.248. The molecule has 0 fully saturated rings. The molecule has 0 aliphatic carbocycles. The second kappa shape index (κ2) is 7.64. The summed E-state index contributed by atoms with van der Waals surface area (Å²) in [4.78, 5) is 50.6. The second-order valence-corrected chi connectivity index (χ2v) is 6.59. The minimum Gasteiger partial charge on any atom is -0.451 e. The Labute approximate surface area is 162 Å². The highest BCUT2D eigenvalue weighted by Crippen LogP contribution is 2.25. The largest absolute Gasteiger partial charge is 0.451 e. The molecule has 0 saturated heterocycles. The van der Waals surface area contributed by atoms with Gasteiger partial charge in [0.05, 0.1) is 11.1 Å². The number of hydrogen-bond donors (Lipinski definition) is 1. The summed E-state index contributed by atoms with van der Waals surface area (Å²) in [5.74, 6) is -2.44. The highest BCUT2D eigenvalue weighted by atomic mass is 16.5. The summed E-state index contributed by atoms with van der Waals surface area (Å²) in [5.41, 5.74) is 1.98. The van der Waals surface area contributed by atoms with Crippen molar-refractivity contribution in [2.75, 3.05) is 5.32 Å². The number of rotatable bonds is 5. The molecule has 144 valence electrons. The third kappa shape index (κ3) is 3.51. The molecule has 3 amide bonds. The number of hydrogen-bond acceptors (Lipinski definition) is 5. The average molecular weight is 380 g/mol. The Morgan fingerprint density at radius 2 is 1.46 bits per heavy atom. The van der Waals surface area contributed by atoms with E-state index in [1.54, 1.807) is 24.3 Å². The molecule has 0 saturated carbocycles. The fraction of sp³-hybridized carbons (Fsp3) is 0.238. The average Bonchev–Trinajstić information content (AvgIpc) is 2.93. The highest BCUT2D eigenvalue weighted by molar-refractivity contribution is 6.22. The van der Waals surface area contributed by atoms with E-state index in [-0.39, 0.29) is 11.1 Å². The molecule has 28 heavy (non-hydrogen) atoms. The fourth-order valence-corrected chi connectivity index (χ4v) is 2.94. The molecule has 0 spiro atoms. The van der Waals surface area contributed by atoms with Gasteiger partial charge in [0.25, 0.3) is 17.7 Å². The molecule has 7 nitrogen and oxygen atoms in total. The van der Waals surface area contributed by atoms with Crippen molar-refractivity contribution in [3.8, 4) is 0 Å². The number of carbonyl (C=O) groups excluding carboxylic acids is 4. The number of esters is 1. The summed E-state index contributed by atoms with van der Waals surface area (Å²) in [6.45, 7) is 4.67. The number of benzene rings is 2. The maximum absolute atomic E-state index is 12.5. The number of ether oxygens (including phenoxy) is 1. The zero-order valence-electron chi connectivity index (χ0n) is 15.8. The molecular formula is C21H20N2O5. The van der Waals surface area contributed by atoms with Crippen LogP contribution >= 0.6 is 0 Å². The smallest absolute Gasteiger partial charge is 0.329 e. The minimum atomic E-state index is -1.15. The van der Waals surface area contributed by atoms with Crippen LogP contribution in [0.25, 0.3) is 0 Å². The SMILES string of the molecule is Cc1ccccc1NC(=O)[C@@H](C)OC(=O)[C@H](C)N1C(=O)c2ccccc2C1=O. The van der Waals surface area contributed by atoms with E-state index in [9.17, 15) is 19.2 Å². The normalized spacial score (nSPS) is 15.0. The van der Waals surface area contributed by atoms with Gasteiger partial charge in [0.2, 0.25) is 0 Å². The molecule has 1 N–H and O–H groups in total. The monoisotopic (exact) mass is 380 g/mol. The van der Waals surface area contributed by atoms with Crippen LogP contribution in [0.1, 0.15) is 40.1 Å². The molecule has 3 rings (SSSR count). The maximum atomic E-state index is 12.5. The van der Waals surface area contributed by atoms with E-state index in [0.717, 1.165) is 10.5 Å². The lowest BCUT2D eigenvalue weighted by atomic mass is 10.1. The highest BCUT2D eigenvalue weighted by Gasteiger charge is 2.41. The first-order chi connectivity index (χ1) is 13.3. The summed E-state index contributed by atoms with van der Waals surface area (Å²) in [6, 6.07) is 12.4. The topological polar surface area (TPSA) is 92.8 Å². The molecule has 1 aliphatic heterocycles. The van der Waals surface area contributed by atoms with Crippen molar-refractivity contribution in [1.29, 1.82) is 0 Å². The number of nitrogens with one attached hydrogen (secondary N) is 1. The summed E-state index contributed by atoms with van der Waals surface area (Å²) in [6.07, 6.45) is -1.09. The molecule has 0 radical (unpaired) electrons. The van der Waals surface area contributed by atoms with Gasteiger partial charge in [0, 0.05) is 5.69 Å². The van der Waals surface area contributed by atoms with Gasteiger partial charge < -0.3 is 10.1 Å². The first kappa shape index (κ1) is 19.3. The predicted molar refractivity (Wildman–Crippen MR) is 102 cm³/mol. The Hall–Kier alpha value is -3.48. The van der Waals surface area contributed by atoms with Crippen LogP contribution in [0.2, 0.25) is 0 Å². The first-order valence-electron chi connectivity index (χ1n) is 8.85. The van der Waals surface area contributed by atoms with E-state index in [1.165, 1.54) is 26.0 Å². The first-order valence-corrected chi connectivity index (χ1v) is 8.85. The summed E-state index contributed by atoms with van der Waals surface area (Å²) in [7, 11) is 0. The van der Waals surface area contributed by atoms with Crippen molar-refractivity contribution in [2.24, 2.45) is 0 Å². The zero-order valence-corrected chi connectivity index (χ0v) is 15.8. The van der Waals surface area contributed by atoms with Crippen LogP contribution in [-0.2, 0) is 14.3 Å².